The number of ether oxygens (including phenoxy) is 4. The van der Waals surface area contributed by atoms with Crippen molar-refractivity contribution >= 4 is 70.8 Å². The molecule has 420 valence electrons. The van der Waals surface area contributed by atoms with Gasteiger partial charge in [0.05, 0.1) is 17.7 Å². The lowest BCUT2D eigenvalue weighted by Crippen LogP contribution is -2.62. The molecule has 7 rings (SSSR count). The smallest absolute Gasteiger partial charge is 0.332 e. The van der Waals surface area contributed by atoms with Crippen LogP contribution in [0.25, 0.3) is 0 Å². The van der Waals surface area contributed by atoms with Crippen LogP contribution in [0.2, 0.25) is 5.02 Å². The van der Waals surface area contributed by atoms with Gasteiger partial charge in [-0.1, -0.05) is 74.3 Å². The fourth-order valence-corrected chi connectivity index (χ4v) is 8.58. The molecule has 0 saturated carbocycles. The highest BCUT2D eigenvalue weighted by atomic mass is 35.5. The second-order valence-corrected chi connectivity index (χ2v) is 19.7. The van der Waals surface area contributed by atoms with Crippen molar-refractivity contribution in [3.8, 4) is 5.75 Å². The fourth-order valence-electron chi connectivity index (χ4n) is 8.35. The van der Waals surface area contributed by atoms with Crippen molar-refractivity contribution in [3.05, 3.63) is 101 Å². The maximum Gasteiger partial charge on any atom is 0.332 e. The molecule has 5 heterocycles. The molecule has 12 atom stereocenters. The molecule has 0 radical (unpaired) electrons. The van der Waals surface area contributed by atoms with Gasteiger partial charge in [0.25, 0.3) is 5.91 Å². The third-order valence-corrected chi connectivity index (χ3v) is 13.8. The van der Waals surface area contributed by atoms with Crippen molar-refractivity contribution in [1.29, 1.82) is 0 Å². The van der Waals surface area contributed by atoms with Crippen LogP contribution < -0.4 is 42.0 Å². The normalized spacial score (nSPS) is 27.6. The lowest BCUT2D eigenvalue weighted by molar-refractivity contribution is -0.160. The Kier molecular flexibility index (Phi) is 19.6. The number of hydrogen-bond donors (Lipinski definition) is 9. The van der Waals surface area contributed by atoms with Gasteiger partial charge in [-0.25, -0.2) is 4.79 Å². The monoisotopic (exact) mass is 1110 g/mol. The quantitative estimate of drug-likeness (QED) is 0.0741. The zero-order chi connectivity index (χ0) is 57.2. The molecule has 2 aromatic carbocycles. The first-order valence-corrected chi connectivity index (χ1v) is 25.4. The van der Waals surface area contributed by atoms with Crippen molar-refractivity contribution in [2.24, 2.45) is 5.92 Å². The van der Waals surface area contributed by atoms with Gasteiger partial charge in [0.1, 0.15) is 73.0 Å². The number of nitrogens with one attached hydrogen (secondary N) is 7. The van der Waals surface area contributed by atoms with E-state index in [2.05, 4.69) is 37.2 Å². The number of cyclic esters (lactones) is 1. The maximum atomic E-state index is 15.2. The topological polar surface area (TPSA) is 344 Å². The van der Waals surface area contributed by atoms with Crippen LogP contribution in [-0.2, 0) is 63.8 Å². The number of aromatic nitrogens is 1. The van der Waals surface area contributed by atoms with Gasteiger partial charge in [-0.2, -0.15) is 4.73 Å². The molecule has 4 aliphatic heterocycles. The number of halogens is 1. The number of rotatable bonds is 9. The minimum Gasteiger partial charge on any atom is -0.487 e. The summed E-state index contributed by atoms with van der Waals surface area (Å²) in [7, 11) is 1.30. The number of nitrogens with zero attached hydrogens (tertiary/aromatic N) is 2. The molecule has 4 aliphatic rings. The van der Waals surface area contributed by atoms with Crippen LogP contribution in [0.3, 0.4) is 0 Å². The Balaban J connectivity index is 1.49. The third-order valence-electron chi connectivity index (χ3n) is 13.5. The molecule has 1 spiro atoms. The molecule has 9 N–H and O–H groups in total. The first-order chi connectivity index (χ1) is 36.9. The van der Waals surface area contributed by atoms with E-state index in [1.807, 2.05) is 0 Å². The van der Waals surface area contributed by atoms with Gasteiger partial charge >= 0.3 is 11.9 Å². The zero-order valence-corrected chi connectivity index (χ0v) is 44.5. The summed E-state index contributed by atoms with van der Waals surface area (Å²) < 4.78 is 23.4. The number of aliphatic hydroxyl groups is 1. The van der Waals surface area contributed by atoms with Gasteiger partial charge in [0, 0.05) is 25.7 Å². The fraction of sp³-hybridized carbons (Fsp3) is 0.462. The van der Waals surface area contributed by atoms with Crippen LogP contribution >= 0.6 is 11.6 Å². The van der Waals surface area contributed by atoms with Crippen LogP contribution in [-0.4, -0.2) is 166 Å². The number of aliphatic hydroxyl groups excluding tert-OH is 1. The minimum absolute atomic E-state index is 0.164. The van der Waals surface area contributed by atoms with Gasteiger partial charge in [0.2, 0.25) is 41.4 Å². The number of carbonyl (C=O) groups is 10. The number of hydrogen-bond acceptors (Lipinski definition) is 16. The number of fused-ring (bicyclic) bond motifs is 9. The van der Waals surface area contributed by atoms with Gasteiger partial charge in [-0.15, -0.1) is 0 Å². The number of carbonyl (C=O) groups excluding carboxylic acids is 10. The molecule has 3 aromatic rings. The van der Waals surface area contributed by atoms with Gasteiger partial charge in [-0.05, 0) is 69.0 Å². The molecule has 0 aliphatic carbocycles. The van der Waals surface area contributed by atoms with Gasteiger partial charge < -0.3 is 71.4 Å². The number of likely N-dealkylation sites (N-methyl/N-ethyl adjacent to an activating group) is 1. The van der Waals surface area contributed by atoms with Crippen molar-refractivity contribution in [3.63, 3.8) is 0 Å². The Morgan fingerprint density at radius 3 is 2.13 bits per heavy atom. The summed E-state index contributed by atoms with van der Waals surface area (Å²) in [5.41, 5.74) is -0.767. The second kappa shape index (κ2) is 25.9. The van der Waals surface area contributed by atoms with E-state index >= 15 is 4.79 Å². The van der Waals surface area contributed by atoms with E-state index in [1.165, 1.54) is 50.4 Å². The first kappa shape index (κ1) is 59.2. The Morgan fingerprint density at radius 1 is 0.859 bits per heavy atom. The molecule has 2 saturated heterocycles. The van der Waals surface area contributed by atoms with Gasteiger partial charge in [0.15, 0.2) is 11.7 Å². The minimum atomic E-state index is -2.00. The van der Waals surface area contributed by atoms with E-state index in [0.29, 0.717) is 10.3 Å². The highest BCUT2D eigenvalue weighted by molar-refractivity contribution is 6.33. The molecular formula is C52H64ClN9O16. The summed E-state index contributed by atoms with van der Waals surface area (Å²) in [6.45, 7) is 6.96. The Hall–Kier alpha value is -8.03. The van der Waals surface area contributed by atoms with Crippen LogP contribution in [0, 0.1) is 5.92 Å². The van der Waals surface area contributed by atoms with Crippen LogP contribution in [0.5, 0.6) is 5.75 Å². The average molecular weight is 1110 g/mol. The van der Waals surface area contributed by atoms with Crippen molar-refractivity contribution in [2.75, 3.05) is 26.8 Å². The van der Waals surface area contributed by atoms with Crippen LogP contribution in [0.1, 0.15) is 75.6 Å². The number of esters is 2. The lowest BCUT2D eigenvalue weighted by Gasteiger charge is -2.34. The number of benzene rings is 2. The Bertz CT molecular complexity index is 2750. The lowest BCUT2D eigenvalue weighted by atomic mass is 9.96. The molecular weight excluding hydrogens is 1040 g/mol. The SMILES string of the molecule is CCC(C)C1NC(=O)C(NC(=O)C(C)NC(=O)c2c(Cl)ccn2O)C(C)OC(=O)C2COC(=O)CNC(=O)/C=C/C3(CO3)C(C)Oc3ccc(cc3)C(NC1=O)C(=O)N(C)C(Cc1ccccc1)C(=O)NC(C(C)O)C(=O)N2. The summed E-state index contributed by atoms with van der Waals surface area (Å²) in [6, 6.07) is 3.79. The molecule has 2 fully saturated rings. The standard InChI is InChI=1S/C52H64ClN9O16/c1-8-26(2)39-46(68)60-42-32-14-16-33(17-15-32)78-30(6)52(25-76-52)20-18-37(64)54-23-38(65)75-24-35(56-47(69)40(28(4)63)58-45(67)36(61(7)50(42)72)22-31-12-10-9-11-13-31)51(73)77-29(5)41(48(70)57-39)59-44(66)27(3)55-49(71)43-34(53)19-21-62(43)74/h9-21,26-30,35-36,39-42,63,74H,8,22-25H2,1-7H3,(H,54,64)(H,55,71)(H,56,69)(H,57,70)(H,58,67)(H,59,66)(H,60,68)/b20-18+. The van der Waals surface area contributed by atoms with Crippen molar-refractivity contribution in [2.45, 2.75) is 121 Å². The number of epoxide rings is 1. The van der Waals surface area contributed by atoms with E-state index in [-0.39, 0.29) is 35.8 Å². The number of amides is 8. The van der Waals surface area contributed by atoms with Crippen molar-refractivity contribution < 1.29 is 77.2 Å². The summed E-state index contributed by atoms with van der Waals surface area (Å²) in [4.78, 5) is 142. The van der Waals surface area contributed by atoms with Crippen molar-refractivity contribution in [1.82, 2.24) is 46.8 Å². The van der Waals surface area contributed by atoms with Crippen LogP contribution in [0.4, 0.5) is 0 Å². The van der Waals surface area contributed by atoms with E-state index in [1.54, 1.807) is 51.1 Å². The zero-order valence-electron chi connectivity index (χ0n) is 43.8. The molecule has 78 heavy (non-hydrogen) atoms. The molecule has 4 bridgehead atoms. The summed E-state index contributed by atoms with van der Waals surface area (Å²) in [5.74, 6) is -10.9. The second-order valence-electron chi connectivity index (χ2n) is 19.2. The third kappa shape index (κ3) is 14.7. The van der Waals surface area contributed by atoms with E-state index in [9.17, 15) is 53.5 Å². The summed E-state index contributed by atoms with van der Waals surface area (Å²) in [6.07, 6.45) is -0.436. The van der Waals surface area contributed by atoms with E-state index < -0.39 is 150 Å². The molecule has 1 aromatic heterocycles. The van der Waals surface area contributed by atoms with Crippen LogP contribution in [0.15, 0.2) is 79.0 Å². The predicted octanol–water partition coefficient (Wildman–Crippen LogP) is -0.499. The summed E-state index contributed by atoms with van der Waals surface area (Å²) >= 11 is 6.07. The maximum absolute atomic E-state index is 15.2. The molecule has 12 unspecified atom stereocenters. The highest BCUT2D eigenvalue weighted by Gasteiger charge is 2.49. The molecule has 26 heteroatoms. The Labute approximate surface area is 453 Å². The van der Waals surface area contributed by atoms with Gasteiger partial charge in [-0.3, -0.25) is 43.2 Å². The molecule has 25 nitrogen and oxygen atoms in total. The average Bonchev–Trinajstić information content (AvgIpc) is 4.14. The molecule has 8 amide bonds. The highest BCUT2D eigenvalue weighted by Crippen LogP contribution is 2.35. The van der Waals surface area contributed by atoms with E-state index in [4.69, 9.17) is 30.5 Å². The Morgan fingerprint density at radius 2 is 1.51 bits per heavy atom. The predicted molar refractivity (Wildman–Crippen MR) is 274 cm³/mol. The van der Waals surface area contributed by atoms with E-state index in [0.717, 1.165) is 31.0 Å². The largest absolute Gasteiger partial charge is 0.487 e. The first-order valence-electron chi connectivity index (χ1n) is 25.0. The summed E-state index contributed by atoms with van der Waals surface area (Å²) in [5, 5.41) is 38.3.